The minimum absolute atomic E-state index is 0.0248. The number of amides is 2. The van der Waals surface area contributed by atoms with Gasteiger partial charge in [0.15, 0.2) is 5.71 Å². The Morgan fingerprint density at radius 1 is 0.655 bits per heavy atom. The molecule has 55 heavy (non-hydrogen) atoms. The summed E-state index contributed by atoms with van der Waals surface area (Å²) < 4.78 is 11.8. The number of nitrogens with zero attached hydrogens (tertiary/aromatic N) is 2. The quantitative estimate of drug-likeness (QED) is 0.0921. The maximum atomic E-state index is 13.5. The molecule has 0 aliphatic carbocycles. The molecule has 4 aromatic carbocycles. The first-order valence-corrected chi connectivity index (χ1v) is 18.0. The van der Waals surface area contributed by atoms with E-state index in [9.17, 15) is 19.2 Å². The molecule has 0 spiro atoms. The molecule has 6 rings (SSSR count). The van der Waals surface area contributed by atoms with Crippen LogP contribution < -0.4 is 15.5 Å². The van der Waals surface area contributed by atoms with Crippen molar-refractivity contribution < 1.29 is 33.2 Å². The maximum absolute atomic E-state index is 13.5. The third kappa shape index (κ3) is 7.62. The van der Waals surface area contributed by atoms with Crippen LogP contribution in [0, 0.1) is 0 Å². The lowest BCUT2D eigenvalue weighted by atomic mass is 9.81. The fourth-order valence-corrected chi connectivity index (χ4v) is 7.41. The number of esters is 2. The van der Waals surface area contributed by atoms with E-state index < -0.39 is 22.8 Å². The van der Waals surface area contributed by atoms with Gasteiger partial charge in [-0.2, -0.15) is 4.58 Å². The van der Waals surface area contributed by atoms with Gasteiger partial charge in [-0.25, -0.2) is 9.59 Å². The first kappa shape index (κ1) is 38.2. The predicted molar refractivity (Wildman–Crippen MR) is 215 cm³/mol. The number of ether oxygens (including phenoxy) is 2. The monoisotopic (exact) mass is 737 g/mol. The van der Waals surface area contributed by atoms with Crippen LogP contribution >= 0.6 is 0 Å². The van der Waals surface area contributed by atoms with E-state index in [0.29, 0.717) is 11.4 Å². The van der Waals surface area contributed by atoms with Gasteiger partial charge in [-0.1, -0.05) is 92.7 Å². The molecular weight excluding hydrogens is 693 g/mol. The summed E-state index contributed by atoms with van der Waals surface area (Å²) in [5, 5.41) is 5.80. The van der Waals surface area contributed by atoms with Crippen molar-refractivity contribution in [3.8, 4) is 0 Å². The summed E-state index contributed by atoms with van der Waals surface area (Å²) in [5.74, 6) is -1.62. The van der Waals surface area contributed by atoms with Gasteiger partial charge in [-0.3, -0.25) is 9.59 Å². The van der Waals surface area contributed by atoms with E-state index in [2.05, 4.69) is 50.5 Å². The van der Waals surface area contributed by atoms with Gasteiger partial charge < -0.3 is 25.0 Å². The molecule has 2 amide bonds. The summed E-state index contributed by atoms with van der Waals surface area (Å²) in [7, 11) is 2.61. The zero-order chi connectivity index (χ0) is 39.3. The fourth-order valence-electron chi connectivity index (χ4n) is 7.41. The number of hydrogen-bond donors (Lipinski definition) is 2. The van der Waals surface area contributed by atoms with Gasteiger partial charge in [-0.05, 0) is 55.8 Å². The average molecular weight is 738 g/mol. The number of para-hydroxylation sites is 4. The van der Waals surface area contributed by atoms with E-state index >= 15 is 0 Å². The van der Waals surface area contributed by atoms with Crippen molar-refractivity contribution in [3.05, 3.63) is 155 Å². The Bertz CT molecular complexity index is 2300. The van der Waals surface area contributed by atoms with Gasteiger partial charge in [0.05, 0.1) is 42.1 Å². The van der Waals surface area contributed by atoms with Crippen LogP contribution in [-0.4, -0.2) is 61.3 Å². The van der Waals surface area contributed by atoms with E-state index in [1.807, 2.05) is 76.3 Å². The van der Waals surface area contributed by atoms with E-state index in [-0.39, 0.29) is 36.0 Å². The molecule has 2 heterocycles. The van der Waals surface area contributed by atoms with E-state index in [1.165, 1.54) is 14.2 Å². The maximum Gasteiger partial charge on any atom is 0.339 e. The molecule has 4 aromatic rings. The number of hydrogen-bond acceptors (Lipinski definition) is 7. The van der Waals surface area contributed by atoms with Crippen LogP contribution in [0.25, 0.3) is 0 Å². The van der Waals surface area contributed by atoms with Crippen LogP contribution in [0.5, 0.6) is 0 Å². The summed E-state index contributed by atoms with van der Waals surface area (Å²) in [6, 6.07) is 29.6. The molecule has 2 aliphatic rings. The highest BCUT2D eigenvalue weighted by atomic mass is 16.5. The highest BCUT2D eigenvalue weighted by Gasteiger charge is 2.45. The van der Waals surface area contributed by atoms with Crippen molar-refractivity contribution in [3.63, 3.8) is 0 Å². The first-order valence-electron chi connectivity index (χ1n) is 18.0. The standard InChI is InChI=1S/C45H44N4O6/c1-44(2)32-20-12-16-24-36(32)48(28-40(50)46-34-22-14-10-18-30(34)42(52)54-5)38(44)26-8-7-9-27-39-45(3,4)33-21-13-17-25-37(33)49(39)29-41(51)47-35-23-15-11-19-31(35)43(53)55-6/h7-27H,28-29H2,1-6H3,(H-,46,47,50,51,52,53)/p+1. The lowest BCUT2D eigenvalue weighted by Crippen LogP contribution is -2.34. The second kappa shape index (κ2) is 15.8. The molecule has 0 unspecified atom stereocenters. The number of anilines is 3. The number of carbonyl (C=O) groups excluding carboxylic acids is 4. The van der Waals surface area contributed by atoms with Gasteiger partial charge in [0.2, 0.25) is 18.1 Å². The van der Waals surface area contributed by atoms with Crippen molar-refractivity contribution in [2.24, 2.45) is 0 Å². The summed E-state index contributed by atoms with van der Waals surface area (Å²) in [5.41, 5.74) is 6.43. The highest BCUT2D eigenvalue weighted by Crippen LogP contribution is 2.47. The molecule has 10 nitrogen and oxygen atoms in total. The molecule has 2 aliphatic heterocycles. The van der Waals surface area contributed by atoms with Crippen LogP contribution in [0.3, 0.4) is 0 Å². The van der Waals surface area contributed by atoms with Crippen LogP contribution in [0.2, 0.25) is 0 Å². The molecule has 0 saturated heterocycles. The second-order valence-electron chi connectivity index (χ2n) is 14.3. The first-order chi connectivity index (χ1) is 26.4. The molecule has 0 bridgehead atoms. The van der Waals surface area contributed by atoms with Gasteiger partial charge in [0, 0.05) is 34.5 Å². The zero-order valence-corrected chi connectivity index (χ0v) is 31.9. The summed E-state index contributed by atoms with van der Waals surface area (Å²) in [6.45, 7) is 8.58. The van der Waals surface area contributed by atoms with E-state index in [0.717, 1.165) is 33.9 Å². The summed E-state index contributed by atoms with van der Waals surface area (Å²) in [4.78, 5) is 53.7. The number of fused-ring (bicyclic) bond motifs is 2. The van der Waals surface area contributed by atoms with E-state index in [4.69, 9.17) is 9.47 Å². The van der Waals surface area contributed by atoms with Crippen molar-refractivity contribution in [1.82, 2.24) is 0 Å². The Morgan fingerprint density at radius 2 is 1.20 bits per heavy atom. The summed E-state index contributed by atoms with van der Waals surface area (Å²) in [6.07, 6.45) is 9.88. The average Bonchev–Trinajstić information content (AvgIpc) is 3.52. The van der Waals surface area contributed by atoms with Gasteiger partial charge >= 0.3 is 11.9 Å². The Hall–Kier alpha value is -6.55. The number of carbonyl (C=O) groups is 4. The van der Waals surface area contributed by atoms with Crippen LogP contribution in [0.15, 0.2) is 133 Å². The second-order valence-corrected chi connectivity index (χ2v) is 14.3. The molecular formula is C45H45N4O6+. The molecule has 280 valence electrons. The van der Waals surface area contributed by atoms with Crippen molar-refractivity contribution in [1.29, 1.82) is 0 Å². The Kier molecular flexibility index (Phi) is 11.0. The number of allylic oxidation sites excluding steroid dienone is 6. The molecule has 0 saturated carbocycles. The van der Waals surface area contributed by atoms with Crippen LogP contribution in [0.1, 0.15) is 59.5 Å². The van der Waals surface area contributed by atoms with Gasteiger partial charge in [-0.15, -0.1) is 0 Å². The van der Waals surface area contributed by atoms with Crippen LogP contribution in [0.4, 0.5) is 22.7 Å². The lowest BCUT2D eigenvalue weighted by molar-refractivity contribution is -0.424. The molecule has 0 fully saturated rings. The number of benzene rings is 4. The Morgan fingerprint density at radius 3 is 1.84 bits per heavy atom. The van der Waals surface area contributed by atoms with Crippen molar-refractivity contribution >= 4 is 52.2 Å². The third-order valence-corrected chi connectivity index (χ3v) is 10.1. The Balaban J connectivity index is 1.26. The minimum Gasteiger partial charge on any atom is -0.465 e. The highest BCUT2D eigenvalue weighted by molar-refractivity contribution is 6.06. The predicted octanol–water partition coefficient (Wildman–Crippen LogP) is 7.71. The molecule has 10 heteroatoms. The number of methoxy groups -OCH3 is 2. The largest absolute Gasteiger partial charge is 0.465 e. The van der Waals surface area contributed by atoms with Gasteiger partial charge in [0.25, 0.3) is 5.91 Å². The normalized spacial score (nSPS) is 16.0. The van der Waals surface area contributed by atoms with Crippen molar-refractivity contribution in [2.75, 3.05) is 42.8 Å². The molecule has 2 N–H and O–H groups in total. The zero-order valence-electron chi connectivity index (χ0n) is 31.9. The molecule has 0 radical (unpaired) electrons. The smallest absolute Gasteiger partial charge is 0.339 e. The van der Waals surface area contributed by atoms with Crippen LogP contribution in [-0.2, 0) is 29.9 Å². The molecule has 0 aromatic heterocycles. The fraction of sp³-hybridized carbons (Fsp3) is 0.222. The topological polar surface area (TPSA) is 117 Å². The Labute approximate surface area is 321 Å². The number of rotatable bonds is 11. The molecule has 0 atom stereocenters. The third-order valence-electron chi connectivity index (χ3n) is 10.1. The van der Waals surface area contributed by atoms with Crippen molar-refractivity contribution in [2.45, 2.75) is 38.5 Å². The van der Waals surface area contributed by atoms with Gasteiger partial charge in [0.1, 0.15) is 6.54 Å². The lowest BCUT2D eigenvalue weighted by Gasteiger charge is -2.26. The SMILES string of the molecule is COC(=O)c1ccccc1NC(=O)CN1C(=CC=CC=CC2=[N+](CC(=O)Nc3ccccc3C(=O)OC)c3ccccc3C2(C)C)C(C)(C)c2ccccc21. The van der Waals surface area contributed by atoms with E-state index in [1.54, 1.807) is 48.5 Å². The number of nitrogens with one attached hydrogen (secondary N) is 2. The minimum atomic E-state index is -0.529. The summed E-state index contributed by atoms with van der Waals surface area (Å²) >= 11 is 0.